The topological polar surface area (TPSA) is 41.1 Å². The fourth-order valence-corrected chi connectivity index (χ4v) is 1.90. The molecule has 0 unspecified atom stereocenters. The Balaban J connectivity index is 2.68. The number of nitrogens with one attached hydrogen (secondary N) is 2. The number of hydrogen-bond acceptors (Lipinski definition) is 2. The maximum atomic E-state index is 12.5. The summed E-state index contributed by atoms with van der Waals surface area (Å²) in [5.74, 6) is -0.221. The normalized spacial score (nSPS) is 11.5. The van der Waals surface area contributed by atoms with Crippen molar-refractivity contribution in [3.05, 3.63) is 28.2 Å². The molecule has 0 aromatic heterocycles. The van der Waals surface area contributed by atoms with Crippen LogP contribution in [0.5, 0.6) is 0 Å². The van der Waals surface area contributed by atoms with Gasteiger partial charge in [0.2, 0.25) is 5.91 Å². The van der Waals surface area contributed by atoms with E-state index < -0.39 is 11.7 Å². The van der Waals surface area contributed by atoms with Crippen LogP contribution in [0.1, 0.15) is 19.4 Å². The third-order valence-corrected chi connectivity index (χ3v) is 2.84. The van der Waals surface area contributed by atoms with Crippen LogP contribution in [0.15, 0.2) is 22.7 Å². The predicted molar refractivity (Wildman–Crippen MR) is 70.9 cm³/mol. The van der Waals surface area contributed by atoms with Gasteiger partial charge in [0.15, 0.2) is 0 Å². The predicted octanol–water partition coefficient (Wildman–Crippen LogP) is 3.40. The van der Waals surface area contributed by atoms with Crippen LogP contribution in [0.4, 0.5) is 18.9 Å². The Kier molecular flexibility index (Phi) is 5.22. The molecule has 0 radical (unpaired) electrons. The van der Waals surface area contributed by atoms with Crippen molar-refractivity contribution in [3.63, 3.8) is 0 Å². The third-order valence-electron chi connectivity index (χ3n) is 2.19. The molecule has 19 heavy (non-hydrogen) atoms. The molecule has 1 amide bonds. The molecule has 0 heterocycles. The Morgan fingerprint density at radius 1 is 1.37 bits per heavy atom. The van der Waals surface area contributed by atoms with Crippen molar-refractivity contribution in [1.82, 2.24) is 5.32 Å². The SMILES string of the molecule is CC(C)NC(=O)CNc1ccc(C(F)(F)F)cc1Br. The molecular weight excluding hydrogens is 325 g/mol. The van der Waals surface area contributed by atoms with Crippen LogP contribution in [-0.2, 0) is 11.0 Å². The summed E-state index contributed by atoms with van der Waals surface area (Å²) in [6.45, 7) is 3.65. The Labute approximate surface area is 117 Å². The molecule has 0 saturated carbocycles. The molecule has 0 saturated heterocycles. The summed E-state index contributed by atoms with van der Waals surface area (Å²) < 4.78 is 37.6. The number of amides is 1. The van der Waals surface area contributed by atoms with E-state index in [4.69, 9.17) is 0 Å². The third kappa shape index (κ3) is 5.10. The van der Waals surface area contributed by atoms with Gasteiger partial charge in [-0.2, -0.15) is 13.2 Å². The van der Waals surface area contributed by atoms with Crippen LogP contribution in [0, 0.1) is 0 Å². The van der Waals surface area contributed by atoms with E-state index in [1.807, 2.05) is 13.8 Å². The largest absolute Gasteiger partial charge is 0.416 e. The average molecular weight is 339 g/mol. The Morgan fingerprint density at radius 3 is 2.47 bits per heavy atom. The van der Waals surface area contributed by atoms with Crippen molar-refractivity contribution in [2.75, 3.05) is 11.9 Å². The summed E-state index contributed by atoms with van der Waals surface area (Å²) in [7, 11) is 0. The first-order valence-electron chi connectivity index (χ1n) is 5.60. The van der Waals surface area contributed by atoms with Crippen LogP contribution in [-0.4, -0.2) is 18.5 Å². The van der Waals surface area contributed by atoms with Gasteiger partial charge in [0.05, 0.1) is 12.1 Å². The number of rotatable bonds is 4. The summed E-state index contributed by atoms with van der Waals surface area (Å²) in [6, 6.07) is 3.25. The Bertz CT molecular complexity index is 461. The van der Waals surface area contributed by atoms with Crippen LogP contribution in [0.25, 0.3) is 0 Å². The highest BCUT2D eigenvalue weighted by Gasteiger charge is 2.30. The van der Waals surface area contributed by atoms with E-state index in [0.717, 1.165) is 12.1 Å². The first-order valence-corrected chi connectivity index (χ1v) is 6.39. The zero-order valence-electron chi connectivity index (χ0n) is 10.4. The summed E-state index contributed by atoms with van der Waals surface area (Å²) in [5, 5.41) is 5.44. The minimum absolute atomic E-state index is 0.00213. The van der Waals surface area contributed by atoms with Gasteiger partial charge in [-0.1, -0.05) is 0 Å². The van der Waals surface area contributed by atoms with Crippen LogP contribution < -0.4 is 10.6 Å². The highest BCUT2D eigenvalue weighted by molar-refractivity contribution is 9.10. The fourth-order valence-electron chi connectivity index (χ4n) is 1.38. The minimum Gasteiger partial charge on any atom is -0.375 e. The standard InChI is InChI=1S/C12H14BrF3N2O/c1-7(2)18-11(19)6-17-10-4-3-8(5-9(10)13)12(14,15)16/h3-5,7,17H,6H2,1-2H3,(H,18,19). The molecule has 1 aromatic carbocycles. The lowest BCUT2D eigenvalue weighted by molar-refractivity contribution is -0.137. The van der Waals surface area contributed by atoms with E-state index in [1.54, 1.807) is 0 Å². The summed E-state index contributed by atoms with van der Waals surface area (Å²) in [4.78, 5) is 11.4. The van der Waals surface area contributed by atoms with Gasteiger partial charge in [-0.05, 0) is 48.0 Å². The van der Waals surface area contributed by atoms with Gasteiger partial charge in [-0.3, -0.25) is 4.79 Å². The van der Waals surface area contributed by atoms with Crippen molar-refractivity contribution < 1.29 is 18.0 Å². The fraction of sp³-hybridized carbons (Fsp3) is 0.417. The highest BCUT2D eigenvalue weighted by Crippen LogP contribution is 2.33. The molecule has 3 nitrogen and oxygen atoms in total. The molecule has 0 bridgehead atoms. The average Bonchev–Trinajstić information content (AvgIpc) is 2.25. The molecule has 1 rings (SSSR count). The zero-order chi connectivity index (χ0) is 14.6. The summed E-state index contributed by atoms with van der Waals surface area (Å²) in [6.07, 6.45) is -4.38. The lowest BCUT2D eigenvalue weighted by Gasteiger charge is -2.13. The van der Waals surface area contributed by atoms with Crippen molar-refractivity contribution in [2.45, 2.75) is 26.1 Å². The maximum Gasteiger partial charge on any atom is 0.416 e. The highest BCUT2D eigenvalue weighted by atomic mass is 79.9. The molecule has 0 spiro atoms. The Morgan fingerprint density at radius 2 is 2.00 bits per heavy atom. The minimum atomic E-state index is -4.38. The quantitative estimate of drug-likeness (QED) is 0.883. The van der Waals surface area contributed by atoms with Gasteiger partial charge in [0.1, 0.15) is 0 Å². The number of halogens is 4. The summed E-state index contributed by atoms with van der Waals surface area (Å²) >= 11 is 3.05. The van der Waals surface area contributed by atoms with Crippen molar-refractivity contribution >= 4 is 27.5 Å². The van der Waals surface area contributed by atoms with E-state index >= 15 is 0 Å². The Hall–Kier alpha value is -1.24. The van der Waals surface area contributed by atoms with Crippen molar-refractivity contribution in [3.8, 4) is 0 Å². The molecule has 0 atom stereocenters. The molecule has 2 N–H and O–H groups in total. The van der Waals surface area contributed by atoms with Crippen molar-refractivity contribution in [1.29, 1.82) is 0 Å². The number of alkyl halides is 3. The second-order valence-corrected chi connectivity index (χ2v) is 5.12. The summed E-state index contributed by atoms with van der Waals surface area (Å²) in [5.41, 5.74) is -0.302. The first-order chi connectivity index (χ1) is 8.70. The first kappa shape index (κ1) is 15.8. The van der Waals surface area contributed by atoms with Crippen molar-refractivity contribution in [2.24, 2.45) is 0 Å². The van der Waals surface area contributed by atoms with E-state index in [0.29, 0.717) is 5.69 Å². The number of anilines is 1. The molecule has 1 aromatic rings. The lowest BCUT2D eigenvalue weighted by Crippen LogP contribution is -2.34. The number of benzene rings is 1. The van der Waals surface area contributed by atoms with Gasteiger partial charge in [-0.25, -0.2) is 0 Å². The molecule has 0 aliphatic heterocycles. The van der Waals surface area contributed by atoms with Gasteiger partial charge < -0.3 is 10.6 Å². The lowest BCUT2D eigenvalue weighted by atomic mass is 10.2. The van der Waals surface area contributed by atoms with Crippen LogP contribution >= 0.6 is 15.9 Å². The van der Waals surface area contributed by atoms with Gasteiger partial charge in [0, 0.05) is 16.2 Å². The monoisotopic (exact) mass is 338 g/mol. The van der Waals surface area contributed by atoms with Gasteiger partial charge in [0.25, 0.3) is 0 Å². The molecular formula is C12H14BrF3N2O. The molecule has 0 aliphatic carbocycles. The number of carbonyl (C=O) groups is 1. The van der Waals surface area contributed by atoms with Crippen LogP contribution in [0.2, 0.25) is 0 Å². The van der Waals surface area contributed by atoms with Gasteiger partial charge in [-0.15, -0.1) is 0 Å². The van der Waals surface area contributed by atoms with Gasteiger partial charge >= 0.3 is 6.18 Å². The van der Waals surface area contributed by atoms with Crippen LogP contribution in [0.3, 0.4) is 0 Å². The molecule has 0 fully saturated rings. The molecule has 106 valence electrons. The second kappa shape index (κ2) is 6.27. The number of hydrogen-bond donors (Lipinski definition) is 2. The number of carbonyl (C=O) groups excluding carboxylic acids is 1. The molecule has 0 aliphatic rings. The van der Waals surface area contributed by atoms with E-state index in [9.17, 15) is 18.0 Å². The maximum absolute atomic E-state index is 12.5. The van der Waals surface area contributed by atoms with E-state index in [-0.39, 0.29) is 23.0 Å². The zero-order valence-corrected chi connectivity index (χ0v) is 12.0. The smallest absolute Gasteiger partial charge is 0.375 e. The molecule has 7 heteroatoms. The van der Waals surface area contributed by atoms with E-state index in [2.05, 4.69) is 26.6 Å². The van der Waals surface area contributed by atoms with E-state index in [1.165, 1.54) is 6.07 Å². The second-order valence-electron chi connectivity index (χ2n) is 4.27.